The second kappa shape index (κ2) is 11.3. The summed E-state index contributed by atoms with van der Waals surface area (Å²) in [7, 11) is 0. The second-order valence-corrected chi connectivity index (χ2v) is 5.89. The summed E-state index contributed by atoms with van der Waals surface area (Å²) in [6.45, 7) is 7.00. The Kier molecular flexibility index (Phi) is 10.6. The number of carbonyl (C=O) groups is 3. The minimum atomic E-state index is -1.18. The summed E-state index contributed by atoms with van der Waals surface area (Å²) in [5.74, 6) is -1.73. The number of ether oxygens (including phenoxy) is 3. The molecule has 0 saturated carbocycles. The van der Waals surface area contributed by atoms with Crippen molar-refractivity contribution in [1.82, 2.24) is 0 Å². The average molecular weight is 332 g/mol. The Bertz CT molecular complexity index is 377. The van der Waals surface area contributed by atoms with Gasteiger partial charge in [-0.1, -0.05) is 0 Å². The van der Waals surface area contributed by atoms with Gasteiger partial charge in [-0.15, -0.1) is 0 Å². The van der Waals surface area contributed by atoms with E-state index in [1.54, 1.807) is 13.8 Å². The number of hydrogen-bond acceptors (Lipinski definition) is 7. The van der Waals surface area contributed by atoms with Crippen LogP contribution in [0.4, 0.5) is 0 Å². The first-order valence-corrected chi connectivity index (χ1v) is 7.74. The van der Waals surface area contributed by atoms with E-state index in [1.165, 1.54) is 0 Å². The van der Waals surface area contributed by atoms with Gasteiger partial charge in [-0.3, -0.25) is 9.59 Å². The number of carbonyl (C=O) groups excluding carboxylic acids is 3. The molecule has 0 spiro atoms. The molecule has 0 aromatic heterocycles. The smallest absolute Gasteiger partial charge is 0.306 e. The number of Topliss-reactive ketones (excluding diaryl/α,β-unsaturated/α-hetero) is 1. The summed E-state index contributed by atoms with van der Waals surface area (Å²) in [4.78, 5) is 35.0. The fourth-order valence-electron chi connectivity index (χ4n) is 1.96. The van der Waals surface area contributed by atoms with E-state index in [0.29, 0.717) is 6.29 Å². The highest BCUT2D eigenvalue weighted by atomic mass is 16.6. The average Bonchev–Trinajstić information content (AvgIpc) is 2.48. The minimum absolute atomic E-state index is 0.00351. The number of aldehydes is 1. The number of aliphatic hydroxyl groups excluding tert-OH is 1. The molecule has 23 heavy (non-hydrogen) atoms. The Morgan fingerprint density at radius 1 is 1.17 bits per heavy atom. The van der Waals surface area contributed by atoms with Crippen molar-refractivity contribution in [2.24, 2.45) is 5.92 Å². The molecule has 7 nitrogen and oxygen atoms in total. The molecule has 0 fully saturated rings. The van der Waals surface area contributed by atoms with Crippen molar-refractivity contribution in [3.05, 3.63) is 0 Å². The zero-order chi connectivity index (χ0) is 17.9. The predicted octanol–water partition coefficient (Wildman–Crippen LogP) is 0.906. The maximum Gasteiger partial charge on any atom is 0.306 e. The maximum atomic E-state index is 12.4. The van der Waals surface area contributed by atoms with Crippen LogP contribution in [-0.4, -0.2) is 61.3 Å². The van der Waals surface area contributed by atoms with E-state index in [1.807, 2.05) is 13.8 Å². The summed E-state index contributed by atoms with van der Waals surface area (Å²) in [5.41, 5.74) is -1.18. The van der Waals surface area contributed by atoms with Gasteiger partial charge < -0.3 is 24.1 Å². The van der Waals surface area contributed by atoms with E-state index in [0.717, 1.165) is 0 Å². The molecule has 0 radical (unpaired) electrons. The molecule has 0 aromatic carbocycles. The molecule has 1 N–H and O–H groups in total. The van der Waals surface area contributed by atoms with E-state index >= 15 is 0 Å². The van der Waals surface area contributed by atoms with Gasteiger partial charge in [-0.2, -0.15) is 0 Å². The van der Waals surface area contributed by atoms with E-state index in [4.69, 9.17) is 19.3 Å². The Morgan fingerprint density at radius 3 is 2.35 bits per heavy atom. The Balaban J connectivity index is 4.51. The number of ketones is 1. The molecule has 0 aliphatic rings. The van der Waals surface area contributed by atoms with Crippen molar-refractivity contribution in [2.75, 3.05) is 26.4 Å². The molecule has 1 unspecified atom stereocenters. The van der Waals surface area contributed by atoms with E-state index < -0.39 is 17.5 Å². The van der Waals surface area contributed by atoms with Gasteiger partial charge in [0.25, 0.3) is 0 Å². The molecular formula is C16H28O7. The van der Waals surface area contributed by atoms with Crippen LogP contribution in [0.15, 0.2) is 0 Å². The topological polar surface area (TPSA) is 99.1 Å². The van der Waals surface area contributed by atoms with Gasteiger partial charge in [0, 0.05) is 12.3 Å². The van der Waals surface area contributed by atoms with Crippen molar-refractivity contribution in [2.45, 2.75) is 52.2 Å². The van der Waals surface area contributed by atoms with Gasteiger partial charge >= 0.3 is 5.97 Å². The van der Waals surface area contributed by atoms with Crippen molar-refractivity contribution >= 4 is 18.0 Å². The van der Waals surface area contributed by atoms with Crippen LogP contribution in [-0.2, 0) is 28.6 Å². The van der Waals surface area contributed by atoms with Crippen LogP contribution in [0.5, 0.6) is 0 Å². The lowest BCUT2D eigenvalue weighted by atomic mass is 9.87. The van der Waals surface area contributed by atoms with Crippen LogP contribution >= 0.6 is 0 Å². The lowest BCUT2D eigenvalue weighted by Gasteiger charge is -2.27. The summed E-state index contributed by atoms with van der Waals surface area (Å²) >= 11 is 0. The molecular weight excluding hydrogens is 304 g/mol. The summed E-state index contributed by atoms with van der Waals surface area (Å²) < 4.78 is 15.5. The third-order valence-corrected chi connectivity index (χ3v) is 3.11. The second-order valence-electron chi connectivity index (χ2n) is 5.89. The zero-order valence-electron chi connectivity index (χ0n) is 14.4. The van der Waals surface area contributed by atoms with E-state index in [-0.39, 0.29) is 51.2 Å². The predicted molar refractivity (Wildman–Crippen MR) is 83.0 cm³/mol. The van der Waals surface area contributed by atoms with Gasteiger partial charge in [0.05, 0.1) is 32.3 Å². The SMILES string of the molecule is CC(C)OCCOC(=O)CC(CC=O)C(=O)C(C)(C)OCCO. The van der Waals surface area contributed by atoms with Crippen LogP contribution in [0.1, 0.15) is 40.5 Å². The van der Waals surface area contributed by atoms with Gasteiger partial charge in [-0.05, 0) is 27.7 Å². The molecule has 134 valence electrons. The number of rotatable bonds is 13. The van der Waals surface area contributed by atoms with Crippen molar-refractivity contribution in [3.63, 3.8) is 0 Å². The first-order valence-electron chi connectivity index (χ1n) is 7.74. The normalized spacial score (nSPS) is 13.0. The highest BCUT2D eigenvalue weighted by Gasteiger charge is 2.35. The molecule has 0 aromatic rings. The van der Waals surface area contributed by atoms with Crippen molar-refractivity contribution in [1.29, 1.82) is 0 Å². The van der Waals surface area contributed by atoms with Gasteiger partial charge in [-0.25, -0.2) is 0 Å². The van der Waals surface area contributed by atoms with Crippen LogP contribution in [0.25, 0.3) is 0 Å². The molecule has 7 heteroatoms. The summed E-state index contributed by atoms with van der Waals surface area (Å²) in [6.07, 6.45) is 0.371. The quantitative estimate of drug-likeness (QED) is 0.304. The number of esters is 1. The lowest BCUT2D eigenvalue weighted by Crippen LogP contribution is -2.41. The molecule has 0 saturated heterocycles. The van der Waals surface area contributed by atoms with Gasteiger partial charge in [0.2, 0.25) is 0 Å². The Morgan fingerprint density at radius 2 is 1.83 bits per heavy atom. The van der Waals surface area contributed by atoms with Crippen molar-refractivity contribution in [3.8, 4) is 0 Å². The van der Waals surface area contributed by atoms with E-state index in [2.05, 4.69) is 0 Å². The molecule has 1 atom stereocenters. The molecule has 0 aliphatic carbocycles. The Hall–Kier alpha value is -1.31. The monoisotopic (exact) mass is 332 g/mol. The molecule has 0 bridgehead atoms. The fourth-order valence-corrected chi connectivity index (χ4v) is 1.96. The molecule has 0 amide bonds. The summed E-state index contributed by atoms with van der Waals surface area (Å²) in [5, 5.41) is 8.78. The third kappa shape index (κ3) is 9.43. The highest BCUT2D eigenvalue weighted by Crippen LogP contribution is 2.21. The van der Waals surface area contributed by atoms with Crippen LogP contribution in [0.3, 0.4) is 0 Å². The fraction of sp³-hybridized carbons (Fsp3) is 0.812. The standard InChI is InChI=1S/C16H28O7/c1-12(2)21-9-10-22-14(19)11-13(5-6-17)15(20)16(3,4)23-8-7-18/h6,12-13,18H,5,7-11H2,1-4H3. The first kappa shape index (κ1) is 21.7. The first-order chi connectivity index (χ1) is 10.7. The van der Waals surface area contributed by atoms with Crippen LogP contribution < -0.4 is 0 Å². The third-order valence-electron chi connectivity index (χ3n) is 3.11. The number of hydrogen-bond donors (Lipinski definition) is 1. The molecule has 0 heterocycles. The Labute approximate surface area is 137 Å². The van der Waals surface area contributed by atoms with Crippen LogP contribution in [0.2, 0.25) is 0 Å². The van der Waals surface area contributed by atoms with E-state index in [9.17, 15) is 14.4 Å². The number of aliphatic hydroxyl groups is 1. The van der Waals surface area contributed by atoms with Crippen molar-refractivity contribution < 1.29 is 33.7 Å². The molecule has 0 rings (SSSR count). The van der Waals surface area contributed by atoms with Gasteiger partial charge in [0.1, 0.15) is 18.5 Å². The maximum absolute atomic E-state index is 12.4. The highest BCUT2D eigenvalue weighted by molar-refractivity contribution is 5.92. The summed E-state index contributed by atoms with van der Waals surface area (Å²) in [6, 6.07) is 0. The minimum Gasteiger partial charge on any atom is -0.463 e. The lowest BCUT2D eigenvalue weighted by molar-refractivity contribution is -0.154. The largest absolute Gasteiger partial charge is 0.463 e. The zero-order valence-corrected chi connectivity index (χ0v) is 14.4. The van der Waals surface area contributed by atoms with Gasteiger partial charge in [0.15, 0.2) is 5.78 Å². The van der Waals surface area contributed by atoms with Crippen LogP contribution in [0, 0.1) is 5.92 Å². The molecule has 0 aliphatic heterocycles.